The highest BCUT2D eigenvalue weighted by atomic mass is 16.5. The van der Waals surface area contributed by atoms with E-state index in [0.717, 1.165) is 5.75 Å². The van der Waals surface area contributed by atoms with Crippen molar-refractivity contribution in [2.45, 2.75) is 20.8 Å². The molecule has 1 atom stereocenters. The summed E-state index contributed by atoms with van der Waals surface area (Å²) in [6.07, 6.45) is 0. The van der Waals surface area contributed by atoms with Crippen LogP contribution in [0.5, 0.6) is 5.75 Å². The largest absolute Gasteiger partial charge is 0.494 e. The van der Waals surface area contributed by atoms with Crippen molar-refractivity contribution in [2.24, 2.45) is 11.8 Å². The Hall–Kier alpha value is -1.35. The van der Waals surface area contributed by atoms with Gasteiger partial charge in [0.1, 0.15) is 5.75 Å². The number of hydrogen-bond acceptors (Lipinski definition) is 3. The van der Waals surface area contributed by atoms with E-state index in [1.54, 1.807) is 24.3 Å². The van der Waals surface area contributed by atoms with Gasteiger partial charge >= 0.3 is 0 Å². The summed E-state index contributed by atoms with van der Waals surface area (Å²) in [7, 11) is 0. The van der Waals surface area contributed by atoms with Crippen LogP contribution in [-0.2, 0) is 0 Å². The zero-order valence-electron chi connectivity index (χ0n) is 10.6. The number of carbonyl (C=O) groups is 1. The van der Waals surface area contributed by atoms with E-state index in [1.807, 2.05) is 20.8 Å². The van der Waals surface area contributed by atoms with Crippen molar-refractivity contribution >= 4 is 5.78 Å². The molecule has 0 bridgehead atoms. The monoisotopic (exact) mass is 236 g/mol. The molecule has 0 saturated carbocycles. The van der Waals surface area contributed by atoms with Gasteiger partial charge in [-0.15, -0.1) is 0 Å². The Kier molecular flexibility index (Phi) is 5.16. The number of aliphatic hydroxyl groups excluding tert-OH is 1. The van der Waals surface area contributed by atoms with Crippen LogP contribution in [0.2, 0.25) is 0 Å². The minimum absolute atomic E-state index is 0.00875. The Morgan fingerprint density at radius 2 is 1.88 bits per heavy atom. The van der Waals surface area contributed by atoms with Crippen LogP contribution in [0.1, 0.15) is 31.1 Å². The van der Waals surface area contributed by atoms with Gasteiger partial charge in [0, 0.05) is 11.5 Å². The van der Waals surface area contributed by atoms with Gasteiger partial charge in [0.05, 0.1) is 13.2 Å². The molecular formula is C14H20O3. The summed E-state index contributed by atoms with van der Waals surface area (Å²) in [5.41, 5.74) is 0.626. The number of aliphatic hydroxyl groups is 1. The number of Topliss-reactive ketones (excluding diaryl/α,β-unsaturated/α-hetero) is 1. The molecule has 3 heteroatoms. The summed E-state index contributed by atoms with van der Waals surface area (Å²) in [6, 6.07) is 7.06. The fraction of sp³-hybridized carbons (Fsp3) is 0.500. The molecule has 0 heterocycles. The van der Waals surface area contributed by atoms with E-state index in [0.29, 0.717) is 12.2 Å². The maximum Gasteiger partial charge on any atom is 0.168 e. The van der Waals surface area contributed by atoms with Gasteiger partial charge in [-0.2, -0.15) is 0 Å². The van der Waals surface area contributed by atoms with E-state index in [1.165, 1.54) is 0 Å². The Morgan fingerprint density at radius 3 is 2.29 bits per heavy atom. The molecule has 0 fully saturated rings. The molecule has 0 amide bonds. The third kappa shape index (κ3) is 3.56. The maximum absolute atomic E-state index is 12.1. The average Bonchev–Trinajstić information content (AvgIpc) is 2.30. The molecule has 0 spiro atoms. The molecule has 1 aromatic carbocycles. The van der Waals surface area contributed by atoms with Gasteiger partial charge in [-0.05, 0) is 37.1 Å². The van der Waals surface area contributed by atoms with Crippen LogP contribution in [0.15, 0.2) is 24.3 Å². The van der Waals surface area contributed by atoms with Crippen molar-refractivity contribution in [3.8, 4) is 5.75 Å². The molecular weight excluding hydrogens is 216 g/mol. The van der Waals surface area contributed by atoms with Crippen LogP contribution in [0.4, 0.5) is 0 Å². The highest BCUT2D eigenvalue weighted by Crippen LogP contribution is 2.19. The first-order chi connectivity index (χ1) is 8.10. The second-order valence-electron chi connectivity index (χ2n) is 4.35. The fourth-order valence-corrected chi connectivity index (χ4v) is 1.69. The summed E-state index contributed by atoms with van der Waals surface area (Å²) < 4.78 is 5.31. The SMILES string of the molecule is CCOc1ccc(C(=O)C(CO)C(C)C)cc1. The lowest BCUT2D eigenvalue weighted by molar-refractivity contribution is 0.0807. The second-order valence-corrected chi connectivity index (χ2v) is 4.35. The van der Waals surface area contributed by atoms with Crippen LogP contribution in [0.3, 0.4) is 0 Å². The molecule has 0 aliphatic heterocycles. The first-order valence-electron chi connectivity index (χ1n) is 5.98. The van der Waals surface area contributed by atoms with Crippen molar-refractivity contribution in [1.82, 2.24) is 0 Å². The third-order valence-electron chi connectivity index (χ3n) is 2.79. The predicted octanol–water partition coefficient (Wildman–Crippen LogP) is 2.53. The maximum atomic E-state index is 12.1. The predicted molar refractivity (Wildman–Crippen MR) is 67.4 cm³/mol. The third-order valence-corrected chi connectivity index (χ3v) is 2.79. The van der Waals surface area contributed by atoms with Gasteiger partial charge in [-0.3, -0.25) is 4.79 Å². The van der Waals surface area contributed by atoms with Gasteiger partial charge < -0.3 is 9.84 Å². The molecule has 0 aliphatic carbocycles. The van der Waals surface area contributed by atoms with Crippen molar-refractivity contribution in [3.05, 3.63) is 29.8 Å². The van der Waals surface area contributed by atoms with Gasteiger partial charge in [-0.25, -0.2) is 0 Å². The van der Waals surface area contributed by atoms with Crippen LogP contribution < -0.4 is 4.74 Å². The lowest BCUT2D eigenvalue weighted by Crippen LogP contribution is -2.24. The number of benzene rings is 1. The van der Waals surface area contributed by atoms with Crippen LogP contribution >= 0.6 is 0 Å². The zero-order valence-corrected chi connectivity index (χ0v) is 10.6. The Bertz CT molecular complexity index is 354. The van der Waals surface area contributed by atoms with E-state index < -0.39 is 0 Å². The molecule has 1 N–H and O–H groups in total. The van der Waals surface area contributed by atoms with Crippen LogP contribution in [-0.4, -0.2) is 24.1 Å². The summed E-state index contributed by atoms with van der Waals surface area (Å²) in [5.74, 6) is 0.562. The second kappa shape index (κ2) is 6.40. The number of hydrogen-bond donors (Lipinski definition) is 1. The van der Waals surface area contributed by atoms with E-state index in [2.05, 4.69) is 0 Å². The van der Waals surface area contributed by atoms with Crippen molar-refractivity contribution < 1.29 is 14.6 Å². The molecule has 1 aromatic rings. The van der Waals surface area contributed by atoms with Crippen LogP contribution in [0, 0.1) is 11.8 Å². The van der Waals surface area contributed by atoms with E-state index in [9.17, 15) is 9.90 Å². The molecule has 0 saturated heterocycles. The van der Waals surface area contributed by atoms with E-state index in [4.69, 9.17) is 4.74 Å². The van der Waals surface area contributed by atoms with Crippen molar-refractivity contribution in [2.75, 3.05) is 13.2 Å². The standard InChI is InChI=1S/C14H20O3/c1-4-17-12-7-5-11(6-8-12)14(16)13(9-15)10(2)3/h5-8,10,13,15H,4,9H2,1-3H3. The number of ether oxygens (including phenoxy) is 1. The molecule has 17 heavy (non-hydrogen) atoms. The van der Waals surface area contributed by atoms with E-state index >= 15 is 0 Å². The summed E-state index contributed by atoms with van der Waals surface area (Å²) >= 11 is 0. The number of ketones is 1. The van der Waals surface area contributed by atoms with Crippen LogP contribution in [0.25, 0.3) is 0 Å². The van der Waals surface area contributed by atoms with Gasteiger partial charge in [0.25, 0.3) is 0 Å². The van der Waals surface area contributed by atoms with E-state index in [-0.39, 0.29) is 24.2 Å². The first-order valence-corrected chi connectivity index (χ1v) is 5.98. The lowest BCUT2D eigenvalue weighted by Gasteiger charge is -2.16. The fourth-order valence-electron chi connectivity index (χ4n) is 1.69. The molecule has 3 nitrogen and oxygen atoms in total. The van der Waals surface area contributed by atoms with Gasteiger partial charge in [-0.1, -0.05) is 13.8 Å². The highest BCUT2D eigenvalue weighted by Gasteiger charge is 2.22. The minimum atomic E-state index is -0.326. The smallest absolute Gasteiger partial charge is 0.168 e. The molecule has 0 aromatic heterocycles. The van der Waals surface area contributed by atoms with Gasteiger partial charge in [0.15, 0.2) is 5.78 Å². The Morgan fingerprint density at radius 1 is 1.29 bits per heavy atom. The van der Waals surface area contributed by atoms with Crippen molar-refractivity contribution in [3.63, 3.8) is 0 Å². The zero-order chi connectivity index (χ0) is 12.8. The average molecular weight is 236 g/mol. The lowest BCUT2D eigenvalue weighted by atomic mass is 9.89. The normalized spacial score (nSPS) is 12.5. The van der Waals surface area contributed by atoms with Crippen molar-refractivity contribution in [1.29, 1.82) is 0 Å². The summed E-state index contributed by atoms with van der Waals surface area (Å²) in [6.45, 7) is 6.29. The Balaban J connectivity index is 2.81. The highest BCUT2D eigenvalue weighted by molar-refractivity contribution is 5.98. The molecule has 0 radical (unpaired) electrons. The first kappa shape index (κ1) is 13.7. The number of rotatable bonds is 6. The number of carbonyl (C=O) groups excluding carboxylic acids is 1. The summed E-state index contributed by atoms with van der Waals surface area (Å²) in [5, 5.41) is 9.22. The minimum Gasteiger partial charge on any atom is -0.494 e. The van der Waals surface area contributed by atoms with Gasteiger partial charge in [0.2, 0.25) is 0 Å². The topological polar surface area (TPSA) is 46.5 Å². The quantitative estimate of drug-likeness (QED) is 0.772. The molecule has 94 valence electrons. The molecule has 1 rings (SSSR count). The molecule has 1 unspecified atom stereocenters. The summed E-state index contributed by atoms with van der Waals surface area (Å²) in [4.78, 5) is 12.1. The molecule has 0 aliphatic rings. The Labute approximate surface area is 102 Å².